The highest BCUT2D eigenvalue weighted by Crippen LogP contribution is 2.22. The highest BCUT2D eigenvalue weighted by Gasteiger charge is 2.14. The van der Waals surface area contributed by atoms with Crippen LogP contribution in [0.1, 0.15) is 12.5 Å². The Bertz CT molecular complexity index is 619. The van der Waals surface area contributed by atoms with Gasteiger partial charge in [-0.25, -0.2) is 4.39 Å². The minimum Gasteiger partial charge on any atom is -0.397 e. The van der Waals surface area contributed by atoms with E-state index in [0.29, 0.717) is 5.69 Å². The van der Waals surface area contributed by atoms with Crippen molar-refractivity contribution in [2.75, 3.05) is 11.1 Å². The molecule has 1 unspecified atom stereocenters. The fourth-order valence-corrected chi connectivity index (χ4v) is 2.60. The van der Waals surface area contributed by atoms with Gasteiger partial charge in [-0.3, -0.25) is 4.79 Å². The summed E-state index contributed by atoms with van der Waals surface area (Å²) in [5.74, 6) is 0.195. The maximum atomic E-state index is 13.0. The van der Waals surface area contributed by atoms with Gasteiger partial charge in [0.05, 0.1) is 16.6 Å². The molecule has 110 valence electrons. The van der Waals surface area contributed by atoms with Crippen LogP contribution >= 0.6 is 11.8 Å². The second-order valence-electron chi connectivity index (χ2n) is 4.66. The number of benzene rings is 2. The summed E-state index contributed by atoms with van der Waals surface area (Å²) in [5.41, 5.74) is 7.51. The zero-order chi connectivity index (χ0) is 15.2. The lowest BCUT2D eigenvalue weighted by atomic mass is 10.2. The second-order valence-corrected chi connectivity index (χ2v) is 5.99. The van der Waals surface area contributed by atoms with Gasteiger partial charge >= 0.3 is 0 Å². The Morgan fingerprint density at radius 2 is 2.00 bits per heavy atom. The van der Waals surface area contributed by atoms with Gasteiger partial charge in [0.25, 0.3) is 0 Å². The van der Waals surface area contributed by atoms with Gasteiger partial charge in [0.15, 0.2) is 0 Å². The first-order valence-corrected chi connectivity index (χ1v) is 7.62. The number of carbonyl (C=O) groups is 1. The zero-order valence-corrected chi connectivity index (χ0v) is 12.5. The number of hydrogen-bond acceptors (Lipinski definition) is 3. The third kappa shape index (κ3) is 4.49. The third-order valence-corrected chi connectivity index (χ3v) is 4.20. The number of hydrogen-bond donors (Lipinski definition) is 2. The van der Waals surface area contributed by atoms with Crippen LogP contribution in [0.2, 0.25) is 0 Å². The molecule has 3 N–H and O–H groups in total. The second kappa shape index (κ2) is 7.13. The number of rotatable bonds is 5. The summed E-state index contributed by atoms with van der Waals surface area (Å²) in [6.45, 7) is 1.84. The Hall–Kier alpha value is -2.01. The lowest BCUT2D eigenvalue weighted by Gasteiger charge is -2.13. The Balaban J connectivity index is 1.90. The average molecular weight is 304 g/mol. The van der Waals surface area contributed by atoms with Crippen LogP contribution in [-0.4, -0.2) is 11.2 Å². The van der Waals surface area contributed by atoms with Crippen molar-refractivity contribution in [3.8, 4) is 0 Å². The molecule has 1 amide bonds. The number of nitrogen functional groups attached to an aromatic ring is 1. The van der Waals surface area contributed by atoms with Crippen LogP contribution in [0.25, 0.3) is 0 Å². The van der Waals surface area contributed by atoms with Gasteiger partial charge in [0.2, 0.25) is 5.91 Å². The van der Waals surface area contributed by atoms with Crippen molar-refractivity contribution in [2.24, 2.45) is 0 Å². The molecule has 0 fully saturated rings. The van der Waals surface area contributed by atoms with Crippen molar-refractivity contribution in [2.45, 2.75) is 17.9 Å². The molecule has 0 saturated carbocycles. The molecule has 0 spiro atoms. The van der Waals surface area contributed by atoms with Crippen molar-refractivity contribution in [1.29, 1.82) is 0 Å². The highest BCUT2D eigenvalue weighted by molar-refractivity contribution is 7.99. The van der Waals surface area contributed by atoms with Crippen molar-refractivity contribution in [3.05, 3.63) is 59.9 Å². The topological polar surface area (TPSA) is 55.1 Å². The molecule has 21 heavy (non-hydrogen) atoms. The summed E-state index contributed by atoms with van der Waals surface area (Å²) in [4.78, 5) is 12.1. The number of amides is 1. The van der Waals surface area contributed by atoms with Crippen LogP contribution < -0.4 is 11.1 Å². The molecule has 2 rings (SSSR count). The molecule has 2 aromatic carbocycles. The number of nitrogens with one attached hydrogen (secondary N) is 1. The smallest absolute Gasteiger partial charge is 0.237 e. The van der Waals surface area contributed by atoms with Crippen molar-refractivity contribution in [3.63, 3.8) is 0 Å². The molecule has 0 saturated heterocycles. The van der Waals surface area contributed by atoms with E-state index in [1.807, 2.05) is 37.3 Å². The lowest BCUT2D eigenvalue weighted by molar-refractivity contribution is -0.115. The predicted molar refractivity (Wildman–Crippen MR) is 86.6 cm³/mol. The fourth-order valence-electron chi connectivity index (χ4n) is 1.75. The summed E-state index contributed by atoms with van der Waals surface area (Å²) in [7, 11) is 0. The minimum atomic E-state index is -0.419. The summed E-state index contributed by atoms with van der Waals surface area (Å²) in [5, 5.41) is 2.49. The third-order valence-electron chi connectivity index (χ3n) is 2.98. The molecule has 0 aromatic heterocycles. The number of anilines is 2. The molecule has 2 aromatic rings. The van der Waals surface area contributed by atoms with E-state index < -0.39 is 5.82 Å². The molecule has 0 heterocycles. The van der Waals surface area contributed by atoms with Gasteiger partial charge < -0.3 is 11.1 Å². The summed E-state index contributed by atoms with van der Waals surface area (Å²) >= 11 is 1.54. The number of carbonyl (C=O) groups excluding carboxylic acids is 1. The number of halogens is 1. The van der Waals surface area contributed by atoms with Crippen LogP contribution in [0.15, 0.2) is 48.5 Å². The highest BCUT2D eigenvalue weighted by atomic mass is 32.2. The van der Waals surface area contributed by atoms with Gasteiger partial charge in [-0.2, -0.15) is 0 Å². The van der Waals surface area contributed by atoms with E-state index >= 15 is 0 Å². The zero-order valence-electron chi connectivity index (χ0n) is 11.7. The van der Waals surface area contributed by atoms with Gasteiger partial charge in [0.1, 0.15) is 5.82 Å². The molecule has 3 nitrogen and oxygen atoms in total. The molecule has 0 aliphatic heterocycles. The quantitative estimate of drug-likeness (QED) is 0.829. The van der Waals surface area contributed by atoms with E-state index in [4.69, 9.17) is 5.73 Å². The van der Waals surface area contributed by atoms with Gasteiger partial charge in [-0.05, 0) is 30.7 Å². The van der Waals surface area contributed by atoms with Gasteiger partial charge in [0, 0.05) is 5.75 Å². The SMILES string of the molecule is CC(SCc1ccccc1)C(=O)Nc1ccc(F)cc1N. The number of nitrogens with two attached hydrogens (primary N) is 1. The molecule has 0 aliphatic carbocycles. The Morgan fingerprint density at radius 3 is 2.67 bits per heavy atom. The summed E-state index contributed by atoms with van der Waals surface area (Å²) < 4.78 is 13.0. The monoisotopic (exact) mass is 304 g/mol. The van der Waals surface area contributed by atoms with Gasteiger partial charge in [-0.15, -0.1) is 11.8 Å². The first kappa shape index (κ1) is 15.4. The molecule has 0 aliphatic rings. The van der Waals surface area contributed by atoms with Crippen LogP contribution in [0.3, 0.4) is 0 Å². The average Bonchev–Trinajstić information content (AvgIpc) is 2.48. The lowest BCUT2D eigenvalue weighted by Crippen LogP contribution is -2.23. The molecular formula is C16H17FN2OS. The Morgan fingerprint density at radius 1 is 1.29 bits per heavy atom. The maximum absolute atomic E-state index is 13.0. The van der Waals surface area contributed by atoms with E-state index in [9.17, 15) is 9.18 Å². The van der Waals surface area contributed by atoms with Crippen LogP contribution in [0.5, 0.6) is 0 Å². The van der Waals surface area contributed by atoms with Crippen LogP contribution in [0, 0.1) is 5.82 Å². The van der Waals surface area contributed by atoms with Crippen LogP contribution in [0.4, 0.5) is 15.8 Å². The standard InChI is InChI=1S/C16H17FN2OS/c1-11(21-10-12-5-3-2-4-6-12)16(20)19-15-8-7-13(17)9-14(15)18/h2-9,11H,10,18H2,1H3,(H,19,20). The fraction of sp³-hybridized carbons (Fsp3) is 0.188. The van der Waals surface area contributed by atoms with Crippen molar-refractivity contribution in [1.82, 2.24) is 0 Å². The molecule has 0 radical (unpaired) electrons. The summed E-state index contributed by atoms with van der Waals surface area (Å²) in [6.07, 6.45) is 0. The summed E-state index contributed by atoms with van der Waals surface area (Å²) in [6, 6.07) is 13.9. The first-order valence-electron chi connectivity index (χ1n) is 6.57. The molecule has 1 atom stereocenters. The predicted octanol–water partition coefficient (Wildman–Crippen LogP) is 3.67. The first-order chi connectivity index (χ1) is 10.1. The Kier molecular flexibility index (Phi) is 5.22. The van der Waals surface area contributed by atoms with Crippen molar-refractivity contribution < 1.29 is 9.18 Å². The van der Waals surface area contributed by atoms with E-state index in [2.05, 4.69) is 5.32 Å². The van der Waals surface area contributed by atoms with Crippen LogP contribution in [-0.2, 0) is 10.5 Å². The molecular weight excluding hydrogens is 287 g/mol. The largest absolute Gasteiger partial charge is 0.397 e. The number of thioether (sulfide) groups is 1. The maximum Gasteiger partial charge on any atom is 0.237 e. The van der Waals surface area contributed by atoms with E-state index in [-0.39, 0.29) is 16.8 Å². The normalized spacial score (nSPS) is 11.9. The van der Waals surface area contributed by atoms with E-state index in [1.165, 1.54) is 35.5 Å². The Labute approximate surface area is 127 Å². The van der Waals surface area contributed by atoms with Gasteiger partial charge in [-0.1, -0.05) is 30.3 Å². The van der Waals surface area contributed by atoms with Crippen molar-refractivity contribution >= 4 is 29.0 Å². The minimum absolute atomic E-state index is 0.144. The molecule has 5 heteroatoms. The van der Waals surface area contributed by atoms with E-state index in [1.54, 1.807) is 0 Å². The molecule has 0 bridgehead atoms. The van der Waals surface area contributed by atoms with E-state index in [0.717, 1.165) is 5.75 Å².